The lowest BCUT2D eigenvalue weighted by Crippen LogP contribution is -2.59. The van der Waals surface area contributed by atoms with Crippen molar-refractivity contribution in [1.82, 2.24) is 19.6 Å². The Hall–Kier alpha value is -2.96. The first-order valence-electron chi connectivity index (χ1n) is 17.2. The van der Waals surface area contributed by atoms with E-state index in [9.17, 15) is 9.90 Å². The molecule has 11 heteroatoms. The third kappa shape index (κ3) is 7.15. The summed E-state index contributed by atoms with van der Waals surface area (Å²) in [5, 5.41) is 10.7. The Morgan fingerprint density at radius 3 is 2.27 bits per heavy atom. The van der Waals surface area contributed by atoms with Gasteiger partial charge in [-0.2, -0.15) is 0 Å². The standard InChI is InChI=1S/C38H47BrN4O5S/c1-3-15-41(18-17-40-19-21-48-22-20-40)37(47)34-38-24-30(39)33(49-38)31(35(45)42(16-4-2)25-28-13-9-6-10-14-28)32(38)36(46)43(34)29(26-44)23-27-11-7-5-8-12-27/h3-14,29-34,44H,1-2,15-26H2/t29-,30?,31-,32+,33-,34?,38?/m1/s1. The molecule has 4 fully saturated rings. The van der Waals surface area contributed by atoms with Gasteiger partial charge in [-0.05, 0) is 24.0 Å². The van der Waals surface area contributed by atoms with Crippen LogP contribution in [0.2, 0.25) is 0 Å². The van der Waals surface area contributed by atoms with Crippen LogP contribution in [-0.4, -0.2) is 128 Å². The Balaban J connectivity index is 1.37. The van der Waals surface area contributed by atoms with Crippen molar-refractivity contribution in [2.75, 3.05) is 59.1 Å². The van der Waals surface area contributed by atoms with Gasteiger partial charge in [0.2, 0.25) is 17.7 Å². The Morgan fingerprint density at radius 2 is 1.63 bits per heavy atom. The Labute approximate surface area is 302 Å². The van der Waals surface area contributed by atoms with Gasteiger partial charge in [-0.3, -0.25) is 19.3 Å². The summed E-state index contributed by atoms with van der Waals surface area (Å²) in [7, 11) is 0. The molecule has 1 N–H and O–H groups in total. The number of hydrogen-bond donors (Lipinski definition) is 1. The highest BCUT2D eigenvalue weighted by atomic mass is 79.9. The number of benzene rings is 2. The predicted molar refractivity (Wildman–Crippen MR) is 196 cm³/mol. The van der Waals surface area contributed by atoms with Crippen molar-refractivity contribution in [3.63, 3.8) is 0 Å². The van der Waals surface area contributed by atoms with Gasteiger partial charge in [0.1, 0.15) is 6.04 Å². The van der Waals surface area contributed by atoms with E-state index in [4.69, 9.17) is 4.74 Å². The van der Waals surface area contributed by atoms with Crippen molar-refractivity contribution >= 4 is 45.4 Å². The molecule has 2 aromatic carbocycles. The molecule has 9 nitrogen and oxygen atoms in total. The first kappa shape index (κ1) is 35.9. The summed E-state index contributed by atoms with van der Waals surface area (Å²) in [5.41, 5.74) is 1.96. The van der Waals surface area contributed by atoms with Gasteiger partial charge >= 0.3 is 0 Å². The molecule has 262 valence electrons. The van der Waals surface area contributed by atoms with Crippen LogP contribution in [0.3, 0.4) is 0 Å². The molecular formula is C38H47BrN4O5S. The molecule has 7 atom stereocenters. The van der Waals surface area contributed by atoms with Crippen molar-refractivity contribution in [3.05, 3.63) is 97.1 Å². The number of rotatable bonds is 15. The molecule has 0 aromatic heterocycles. The average molecular weight is 752 g/mol. The van der Waals surface area contributed by atoms with Gasteiger partial charge in [0.15, 0.2) is 0 Å². The minimum absolute atomic E-state index is 0.0593. The number of alkyl halides is 1. The molecule has 4 aliphatic heterocycles. The Bertz CT molecular complexity index is 1490. The molecule has 4 heterocycles. The molecule has 0 saturated carbocycles. The number of morpholine rings is 1. The third-order valence-electron chi connectivity index (χ3n) is 10.5. The van der Waals surface area contributed by atoms with Crippen LogP contribution in [-0.2, 0) is 32.1 Å². The molecule has 0 aliphatic carbocycles. The van der Waals surface area contributed by atoms with Crippen LogP contribution in [0.25, 0.3) is 0 Å². The van der Waals surface area contributed by atoms with E-state index in [1.165, 1.54) is 0 Å². The number of ether oxygens (including phenoxy) is 1. The maximum absolute atomic E-state index is 15.0. The van der Waals surface area contributed by atoms with Crippen LogP contribution in [0.15, 0.2) is 86.0 Å². The molecular weight excluding hydrogens is 704 g/mol. The van der Waals surface area contributed by atoms with Crippen LogP contribution >= 0.6 is 27.7 Å². The van der Waals surface area contributed by atoms with Crippen LogP contribution in [0.1, 0.15) is 17.5 Å². The van der Waals surface area contributed by atoms with Crippen molar-refractivity contribution in [1.29, 1.82) is 0 Å². The maximum Gasteiger partial charge on any atom is 0.247 e. The van der Waals surface area contributed by atoms with Crippen LogP contribution in [0.5, 0.6) is 0 Å². The third-order valence-corrected chi connectivity index (χ3v) is 13.7. The highest BCUT2D eigenvalue weighted by Crippen LogP contribution is 2.68. The first-order valence-corrected chi connectivity index (χ1v) is 19.0. The maximum atomic E-state index is 15.0. The van der Waals surface area contributed by atoms with Gasteiger partial charge in [0.25, 0.3) is 0 Å². The second-order valence-corrected chi connectivity index (χ2v) is 16.2. The zero-order valence-electron chi connectivity index (χ0n) is 27.9. The van der Waals surface area contributed by atoms with Crippen LogP contribution < -0.4 is 0 Å². The smallest absolute Gasteiger partial charge is 0.247 e. The SMILES string of the molecule is C=CCN(CCN1CCOCC1)C(=O)C1N([C@@H](CO)Cc2ccccc2)C(=O)[C@@H]2[C@@H](C(=O)N(CC=C)Cc3ccccc3)[C@@H]3SC12CC3Br. The fourth-order valence-electron chi connectivity index (χ4n) is 8.27. The number of halogens is 1. The van der Waals surface area contributed by atoms with Crippen LogP contribution in [0, 0.1) is 11.8 Å². The number of likely N-dealkylation sites (tertiary alicyclic amines) is 1. The van der Waals surface area contributed by atoms with E-state index in [0.29, 0.717) is 58.8 Å². The largest absolute Gasteiger partial charge is 0.394 e. The fraction of sp³-hybridized carbons (Fsp3) is 0.500. The summed E-state index contributed by atoms with van der Waals surface area (Å²) in [6, 6.07) is 18.1. The number of carbonyl (C=O) groups excluding carboxylic acids is 3. The summed E-state index contributed by atoms with van der Waals surface area (Å²) in [4.78, 5) is 52.2. The van der Waals surface area contributed by atoms with E-state index in [1.54, 1.807) is 33.7 Å². The van der Waals surface area contributed by atoms with Gasteiger partial charge in [0, 0.05) is 55.9 Å². The molecule has 2 aromatic rings. The lowest BCUT2D eigenvalue weighted by molar-refractivity contribution is -0.147. The number of amides is 3. The molecule has 0 radical (unpaired) electrons. The zero-order valence-corrected chi connectivity index (χ0v) is 30.3. The number of hydrogen-bond acceptors (Lipinski definition) is 7. The van der Waals surface area contributed by atoms with E-state index in [2.05, 4.69) is 34.0 Å². The Kier molecular flexibility index (Phi) is 11.7. The summed E-state index contributed by atoms with van der Waals surface area (Å²) >= 11 is 5.55. The van der Waals surface area contributed by atoms with E-state index in [0.717, 1.165) is 24.2 Å². The van der Waals surface area contributed by atoms with Gasteiger partial charge in [-0.15, -0.1) is 24.9 Å². The normalized spacial score (nSPS) is 28.2. The lowest BCUT2D eigenvalue weighted by atomic mass is 9.70. The number of thioether (sulfide) groups is 1. The van der Waals surface area contributed by atoms with Crippen molar-refractivity contribution in [2.24, 2.45) is 11.8 Å². The predicted octanol–water partition coefficient (Wildman–Crippen LogP) is 3.62. The summed E-state index contributed by atoms with van der Waals surface area (Å²) in [6.07, 6.45) is 4.42. The molecule has 1 spiro atoms. The molecule has 3 amide bonds. The number of carbonyl (C=O) groups is 3. The average Bonchev–Trinajstić information content (AvgIpc) is 3.72. The summed E-state index contributed by atoms with van der Waals surface area (Å²) in [5.74, 6) is -1.79. The van der Waals surface area contributed by atoms with Gasteiger partial charge in [0.05, 0.1) is 42.4 Å². The monoisotopic (exact) mass is 750 g/mol. The highest BCUT2D eigenvalue weighted by molar-refractivity contribution is 9.09. The number of nitrogens with zero attached hydrogens (tertiary/aromatic N) is 4. The molecule has 6 rings (SSSR count). The molecule has 4 saturated heterocycles. The van der Waals surface area contributed by atoms with E-state index in [1.807, 2.05) is 65.6 Å². The second-order valence-electron chi connectivity index (χ2n) is 13.5. The van der Waals surface area contributed by atoms with E-state index >= 15 is 9.59 Å². The van der Waals surface area contributed by atoms with Gasteiger partial charge < -0.3 is 24.5 Å². The van der Waals surface area contributed by atoms with Gasteiger partial charge in [-0.1, -0.05) is 88.7 Å². The van der Waals surface area contributed by atoms with Crippen molar-refractivity contribution in [2.45, 2.75) is 46.3 Å². The second kappa shape index (κ2) is 15.9. The molecule has 4 aliphatic rings. The number of fused-ring (bicyclic) bond motifs is 1. The highest BCUT2D eigenvalue weighted by Gasteiger charge is 2.76. The van der Waals surface area contributed by atoms with Gasteiger partial charge in [-0.25, -0.2) is 0 Å². The van der Waals surface area contributed by atoms with Crippen LogP contribution in [0.4, 0.5) is 0 Å². The summed E-state index contributed by atoms with van der Waals surface area (Å²) < 4.78 is 4.70. The zero-order chi connectivity index (χ0) is 34.5. The number of aliphatic hydroxyl groups is 1. The minimum Gasteiger partial charge on any atom is -0.394 e. The van der Waals surface area contributed by atoms with Crippen molar-refractivity contribution < 1.29 is 24.2 Å². The number of aliphatic hydroxyl groups excluding tert-OH is 1. The summed E-state index contributed by atoms with van der Waals surface area (Å²) in [6.45, 7) is 12.7. The topological polar surface area (TPSA) is 93.6 Å². The minimum atomic E-state index is -0.842. The van der Waals surface area contributed by atoms with E-state index < -0.39 is 28.7 Å². The molecule has 2 bridgehead atoms. The molecule has 3 unspecified atom stereocenters. The molecule has 49 heavy (non-hydrogen) atoms. The Morgan fingerprint density at radius 1 is 1.00 bits per heavy atom. The first-order chi connectivity index (χ1) is 23.8. The van der Waals surface area contributed by atoms with Crippen molar-refractivity contribution in [3.8, 4) is 0 Å². The van der Waals surface area contributed by atoms with E-state index in [-0.39, 0.29) is 34.4 Å². The quantitative estimate of drug-likeness (QED) is 0.220. The fourth-order valence-corrected chi connectivity index (χ4v) is 11.9. The lowest BCUT2D eigenvalue weighted by Gasteiger charge is -2.40.